The molecule has 21 heavy (non-hydrogen) atoms. The van der Waals surface area contributed by atoms with E-state index in [-0.39, 0.29) is 0 Å². The summed E-state index contributed by atoms with van der Waals surface area (Å²) in [7, 11) is 0. The van der Waals surface area contributed by atoms with Crippen LogP contribution in [0.5, 0.6) is 0 Å². The van der Waals surface area contributed by atoms with Crippen molar-refractivity contribution in [2.75, 3.05) is 0 Å². The van der Waals surface area contributed by atoms with Crippen LogP contribution in [0.25, 0.3) is 0 Å². The monoisotopic (exact) mass is 285 g/mol. The van der Waals surface area contributed by atoms with E-state index in [9.17, 15) is 0 Å². The summed E-state index contributed by atoms with van der Waals surface area (Å²) >= 11 is 0. The van der Waals surface area contributed by atoms with E-state index in [0.29, 0.717) is 5.92 Å². The van der Waals surface area contributed by atoms with Gasteiger partial charge in [0.15, 0.2) is 0 Å². The minimum absolute atomic E-state index is 0.559. The van der Waals surface area contributed by atoms with Crippen LogP contribution in [-0.4, -0.2) is 24.5 Å². The van der Waals surface area contributed by atoms with Crippen molar-refractivity contribution in [2.24, 2.45) is 0 Å². The molecular formula is C16H23N5. The number of allylic oxidation sites excluding steroid dienone is 2. The molecule has 5 nitrogen and oxygen atoms in total. The van der Waals surface area contributed by atoms with Crippen molar-refractivity contribution in [1.82, 2.24) is 24.5 Å². The van der Waals surface area contributed by atoms with Crippen LogP contribution < -0.4 is 0 Å². The molecule has 2 aromatic heterocycles. The van der Waals surface area contributed by atoms with E-state index in [0.717, 1.165) is 50.3 Å². The molecular weight excluding hydrogens is 262 g/mol. The first-order chi connectivity index (χ1) is 10.4. The molecule has 2 aromatic rings. The van der Waals surface area contributed by atoms with Crippen molar-refractivity contribution in [3.8, 4) is 0 Å². The Kier molecular flexibility index (Phi) is 4.48. The molecule has 112 valence electrons. The molecule has 0 spiro atoms. The maximum atomic E-state index is 4.35. The van der Waals surface area contributed by atoms with Crippen LogP contribution in [0, 0.1) is 0 Å². The second-order valence-corrected chi connectivity index (χ2v) is 5.63. The highest BCUT2D eigenvalue weighted by Crippen LogP contribution is 2.27. The van der Waals surface area contributed by atoms with Gasteiger partial charge in [0.1, 0.15) is 5.82 Å². The highest BCUT2D eigenvalue weighted by molar-refractivity contribution is 5.08. The number of aromatic nitrogens is 5. The third-order valence-electron chi connectivity index (χ3n) is 4.15. The van der Waals surface area contributed by atoms with Crippen molar-refractivity contribution < 1.29 is 0 Å². The molecule has 1 atom stereocenters. The van der Waals surface area contributed by atoms with Crippen molar-refractivity contribution in [3.05, 3.63) is 42.3 Å². The van der Waals surface area contributed by atoms with Crippen LogP contribution in [0.2, 0.25) is 0 Å². The number of aryl methyl sites for hydroxylation is 3. The van der Waals surface area contributed by atoms with Crippen LogP contribution in [0.1, 0.15) is 50.0 Å². The minimum Gasteiger partial charge on any atom is -0.335 e. The van der Waals surface area contributed by atoms with Gasteiger partial charge < -0.3 is 4.57 Å². The summed E-state index contributed by atoms with van der Waals surface area (Å²) in [5.74, 6) is 1.72. The second kappa shape index (κ2) is 6.70. The van der Waals surface area contributed by atoms with Crippen molar-refractivity contribution in [2.45, 2.75) is 58.0 Å². The minimum atomic E-state index is 0.559. The first-order valence-electron chi connectivity index (χ1n) is 7.92. The maximum Gasteiger partial charge on any atom is 0.108 e. The molecule has 0 aromatic carbocycles. The Morgan fingerprint density at radius 2 is 2.24 bits per heavy atom. The Morgan fingerprint density at radius 3 is 3.05 bits per heavy atom. The molecule has 0 unspecified atom stereocenters. The van der Waals surface area contributed by atoms with E-state index in [4.69, 9.17) is 0 Å². The predicted molar refractivity (Wildman–Crippen MR) is 82.0 cm³/mol. The predicted octanol–water partition coefficient (Wildman–Crippen LogP) is 2.95. The van der Waals surface area contributed by atoms with E-state index in [1.807, 2.05) is 10.9 Å². The first-order valence-corrected chi connectivity index (χ1v) is 7.92. The normalized spacial score (nSPS) is 18.2. The summed E-state index contributed by atoms with van der Waals surface area (Å²) in [6.45, 7) is 4.04. The summed E-state index contributed by atoms with van der Waals surface area (Å²) in [4.78, 5) is 4.35. The SMILES string of the molecule is CCc1nccn1CCCn1cc([C@H]2CC=CCC2)nn1. The number of nitrogens with zero attached hydrogens (tertiary/aromatic N) is 5. The Morgan fingerprint density at radius 1 is 1.29 bits per heavy atom. The van der Waals surface area contributed by atoms with Crippen LogP contribution in [0.3, 0.4) is 0 Å². The van der Waals surface area contributed by atoms with Gasteiger partial charge in [-0.1, -0.05) is 24.3 Å². The average molecular weight is 285 g/mol. The van der Waals surface area contributed by atoms with Gasteiger partial charge in [0.25, 0.3) is 0 Å². The molecule has 0 aliphatic heterocycles. The largest absolute Gasteiger partial charge is 0.335 e. The number of imidazole rings is 1. The van der Waals surface area contributed by atoms with Crippen molar-refractivity contribution >= 4 is 0 Å². The van der Waals surface area contributed by atoms with Crippen LogP contribution in [-0.2, 0) is 19.5 Å². The molecule has 0 amide bonds. The van der Waals surface area contributed by atoms with E-state index in [1.54, 1.807) is 0 Å². The summed E-state index contributed by atoms with van der Waals surface area (Å²) in [5.41, 5.74) is 1.15. The molecule has 0 bridgehead atoms. The van der Waals surface area contributed by atoms with Crippen LogP contribution >= 0.6 is 0 Å². The highest BCUT2D eigenvalue weighted by atomic mass is 15.4. The molecule has 0 saturated carbocycles. The van der Waals surface area contributed by atoms with Gasteiger partial charge in [-0.05, 0) is 25.7 Å². The lowest BCUT2D eigenvalue weighted by atomic mass is 9.92. The van der Waals surface area contributed by atoms with E-state index >= 15 is 0 Å². The number of rotatable bonds is 6. The van der Waals surface area contributed by atoms with Gasteiger partial charge in [0.05, 0.1) is 5.69 Å². The number of hydrogen-bond donors (Lipinski definition) is 0. The highest BCUT2D eigenvalue weighted by Gasteiger charge is 2.15. The zero-order valence-electron chi connectivity index (χ0n) is 12.6. The first kappa shape index (κ1) is 14.0. The third-order valence-corrected chi connectivity index (χ3v) is 4.15. The summed E-state index contributed by atoms with van der Waals surface area (Å²) in [5, 5.41) is 8.62. The molecule has 0 saturated heterocycles. The lowest BCUT2D eigenvalue weighted by molar-refractivity contribution is 0.507. The van der Waals surface area contributed by atoms with Crippen LogP contribution in [0.4, 0.5) is 0 Å². The lowest BCUT2D eigenvalue weighted by Gasteiger charge is -2.13. The molecule has 0 fully saturated rings. The van der Waals surface area contributed by atoms with Gasteiger partial charge in [-0.2, -0.15) is 0 Å². The zero-order chi connectivity index (χ0) is 14.5. The van der Waals surface area contributed by atoms with E-state index in [1.165, 1.54) is 6.42 Å². The molecule has 2 heterocycles. The molecule has 1 aliphatic rings. The maximum absolute atomic E-state index is 4.35. The van der Waals surface area contributed by atoms with Crippen molar-refractivity contribution in [3.63, 3.8) is 0 Å². The fourth-order valence-corrected chi connectivity index (χ4v) is 2.93. The molecule has 3 rings (SSSR count). The third kappa shape index (κ3) is 3.40. The second-order valence-electron chi connectivity index (χ2n) is 5.63. The smallest absolute Gasteiger partial charge is 0.108 e. The topological polar surface area (TPSA) is 48.5 Å². The quantitative estimate of drug-likeness (QED) is 0.767. The molecule has 0 radical (unpaired) electrons. The van der Waals surface area contributed by atoms with Gasteiger partial charge in [-0.15, -0.1) is 5.10 Å². The van der Waals surface area contributed by atoms with Gasteiger partial charge in [-0.3, -0.25) is 4.68 Å². The average Bonchev–Trinajstić information content (AvgIpc) is 3.17. The Labute approximate surface area is 125 Å². The lowest BCUT2D eigenvalue weighted by Crippen LogP contribution is -2.06. The van der Waals surface area contributed by atoms with Crippen LogP contribution in [0.15, 0.2) is 30.7 Å². The van der Waals surface area contributed by atoms with Gasteiger partial charge in [0.2, 0.25) is 0 Å². The summed E-state index contributed by atoms with van der Waals surface area (Å²) in [6, 6.07) is 0. The van der Waals surface area contributed by atoms with E-state index in [2.05, 4.69) is 51.3 Å². The van der Waals surface area contributed by atoms with Gasteiger partial charge >= 0.3 is 0 Å². The van der Waals surface area contributed by atoms with E-state index < -0.39 is 0 Å². The fourth-order valence-electron chi connectivity index (χ4n) is 2.93. The molecule has 1 aliphatic carbocycles. The Balaban J connectivity index is 1.52. The van der Waals surface area contributed by atoms with Gasteiger partial charge in [-0.25, -0.2) is 4.98 Å². The Hall–Kier alpha value is -1.91. The zero-order valence-corrected chi connectivity index (χ0v) is 12.6. The van der Waals surface area contributed by atoms with Crippen molar-refractivity contribution in [1.29, 1.82) is 0 Å². The molecule has 0 N–H and O–H groups in total. The number of hydrogen-bond acceptors (Lipinski definition) is 3. The molecule has 5 heteroatoms. The van der Waals surface area contributed by atoms with Gasteiger partial charge in [0, 0.05) is 44.0 Å². The fraction of sp³-hybridized carbons (Fsp3) is 0.562. The summed E-state index contributed by atoms with van der Waals surface area (Å²) < 4.78 is 4.21. The Bertz CT molecular complexity index is 595. The standard InChI is InChI=1S/C16H23N5/c1-2-16-17-9-12-20(16)10-6-11-21-13-15(18-19-21)14-7-4-3-5-8-14/h3-4,9,12-14H,2,5-8,10-11H2,1H3/t14-/m0/s1. The summed E-state index contributed by atoms with van der Waals surface area (Å²) in [6.07, 6.45) is 16.1.